The second-order valence-corrected chi connectivity index (χ2v) is 8.75. The first-order valence-electron chi connectivity index (χ1n) is 11.0. The van der Waals surface area contributed by atoms with Gasteiger partial charge >= 0.3 is 0 Å². The molecular formula is C27H23ClN2O6. The number of nitro benzene ring substituents is 1. The number of rotatable bonds is 8. The smallest absolute Gasteiger partial charge is 0.291 e. The van der Waals surface area contributed by atoms with Crippen LogP contribution < -0.4 is 14.8 Å². The summed E-state index contributed by atoms with van der Waals surface area (Å²) >= 11 is 5.98. The first-order chi connectivity index (χ1) is 17.2. The van der Waals surface area contributed by atoms with Crippen LogP contribution in [0, 0.1) is 30.9 Å². The second-order valence-electron chi connectivity index (χ2n) is 8.32. The van der Waals surface area contributed by atoms with Crippen LogP contribution in [0.25, 0.3) is 0 Å². The Hall–Kier alpha value is -4.30. The Balaban J connectivity index is 1.48. The van der Waals surface area contributed by atoms with Crippen LogP contribution in [-0.4, -0.2) is 10.8 Å². The Kier molecular flexibility index (Phi) is 7.26. The third-order valence-corrected chi connectivity index (χ3v) is 5.42. The van der Waals surface area contributed by atoms with E-state index in [-0.39, 0.29) is 29.5 Å². The number of aryl methyl sites for hydroxylation is 3. The predicted molar refractivity (Wildman–Crippen MR) is 136 cm³/mol. The number of nitrogens with zero attached hydrogens (tertiary/aromatic N) is 1. The van der Waals surface area contributed by atoms with Gasteiger partial charge in [0, 0.05) is 17.2 Å². The van der Waals surface area contributed by atoms with Crippen LogP contribution in [0.5, 0.6) is 17.2 Å². The molecule has 0 fully saturated rings. The second kappa shape index (κ2) is 10.5. The van der Waals surface area contributed by atoms with Crippen molar-refractivity contribution in [1.29, 1.82) is 0 Å². The number of nitro groups is 1. The van der Waals surface area contributed by atoms with Crippen LogP contribution in [0.2, 0.25) is 5.02 Å². The van der Waals surface area contributed by atoms with Gasteiger partial charge in [0.25, 0.3) is 11.6 Å². The molecule has 1 amide bonds. The number of furan rings is 1. The molecule has 0 bridgehead atoms. The minimum absolute atomic E-state index is 0.0385. The van der Waals surface area contributed by atoms with E-state index in [1.165, 1.54) is 24.3 Å². The van der Waals surface area contributed by atoms with E-state index >= 15 is 0 Å². The van der Waals surface area contributed by atoms with Crippen molar-refractivity contribution >= 4 is 28.9 Å². The number of carbonyl (C=O) groups excluding carboxylic acids is 1. The number of ether oxygens (including phenoxy) is 2. The van der Waals surface area contributed by atoms with Gasteiger partial charge in [0.2, 0.25) is 0 Å². The molecule has 0 spiro atoms. The van der Waals surface area contributed by atoms with Crippen molar-refractivity contribution in [2.75, 3.05) is 5.32 Å². The minimum atomic E-state index is -0.568. The summed E-state index contributed by atoms with van der Waals surface area (Å²) in [6.45, 7) is 5.91. The summed E-state index contributed by atoms with van der Waals surface area (Å²) in [5.74, 6) is 1.30. The average molecular weight is 507 g/mol. The van der Waals surface area contributed by atoms with Crippen molar-refractivity contribution in [2.45, 2.75) is 27.4 Å². The fourth-order valence-electron chi connectivity index (χ4n) is 3.62. The molecule has 184 valence electrons. The molecule has 0 unspecified atom stereocenters. The average Bonchev–Trinajstić information content (AvgIpc) is 3.28. The molecule has 0 aliphatic rings. The zero-order chi connectivity index (χ0) is 25.8. The molecule has 9 heteroatoms. The zero-order valence-corrected chi connectivity index (χ0v) is 20.6. The van der Waals surface area contributed by atoms with Crippen molar-refractivity contribution in [3.8, 4) is 17.2 Å². The number of hydrogen-bond acceptors (Lipinski definition) is 6. The lowest BCUT2D eigenvalue weighted by Crippen LogP contribution is -2.11. The number of nitrogens with one attached hydrogen (secondary N) is 1. The Labute approximate surface area is 212 Å². The maximum absolute atomic E-state index is 12.8. The largest absolute Gasteiger partial charge is 0.486 e. The van der Waals surface area contributed by atoms with E-state index < -0.39 is 10.8 Å². The number of benzene rings is 3. The summed E-state index contributed by atoms with van der Waals surface area (Å²) in [5, 5.41) is 14.6. The maximum Gasteiger partial charge on any atom is 0.291 e. The van der Waals surface area contributed by atoms with Gasteiger partial charge in [0.15, 0.2) is 5.76 Å². The summed E-state index contributed by atoms with van der Waals surface area (Å²) < 4.78 is 17.2. The number of halogens is 1. The molecule has 0 saturated heterocycles. The zero-order valence-electron chi connectivity index (χ0n) is 19.8. The molecule has 1 aromatic heterocycles. The molecule has 0 atom stereocenters. The molecule has 1 N–H and O–H groups in total. The van der Waals surface area contributed by atoms with E-state index in [9.17, 15) is 14.9 Å². The lowest BCUT2D eigenvalue weighted by Gasteiger charge is -2.11. The van der Waals surface area contributed by atoms with Crippen LogP contribution in [0.15, 0.2) is 71.1 Å². The van der Waals surface area contributed by atoms with Gasteiger partial charge in [0.05, 0.1) is 16.7 Å². The van der Waals surface area contributed by atoms with E-state index in [0.717, 1.165) is 16.7 Å². The summed E-state index contributed by atoms with van der Waals surface area (Å²) in [4.78, 5) is 23.6. The predicted octanol–water partition coefficient (Wildman–Crippen LogP) is 7.39. The van der Waals surface area contributed by atoms with Gasteiger partial charge in [0.1, 0.15) is 29.6 Å². The van der Waals surface area contributed by atoms with Gasteiger partial charge in [-0.25, -0.2) is 0 Å². The van der Waals surface area contributed by atoms with E-state index in [1.807, 2.05) is 32.0 Å². The topological polar surface area (TPSA) is 104 Å². The van der Waals surface area contributed by atoms with Crippen molar-refractivity contribution in [1.82, 2.24) is 0 Å². The highest BCUT2D eigenvalue weighted by Gasteiger charge is 2.17. The van der Waals surface area contributed by atoms with Gasteiger partial charge in [-0.1, -0.05) is 17.7 Å². The SMILES string of the molecule is Cc1cc(C)cc(OCc2ccc(C(=O)Nc3cc(Oc4ccc(Cl)cc4C)cc([N+](=O)[O-])c3)o2)c1. The first-order valence-corrected chi connectivity index (χ1v) is 11.4. The number of non-ortho nitro benzene ring substituents is 1. The molecule has 1 heterocycles. The van der Waals surface area contributed by atoms with E-state index in [0.29, 0.717) is 22.3 Å². The lowest BCUT2D eigenvalue weighted by molar-refractivity contribution is -0.384. The van der Waals surface area contributed by atoms with Gasteiger partial charge in [-0.05, 0) is 79.9 Å². The van der Waals surface area contributed by atoms with Crippen LogP contribution in [0.3, 0.4) is 0 Å². The van der Waals surface area contributed by atoms with Crippen molar-refractivity contribution < 1.29 is 23.6 Å². The quantitative estimate of drug-likeness (QED) is 0.197. The Bertz CT molecular complexity index is 1430. The van der Waals surface area contributed by atoms with Crippen LogP contribution in [-0.2, 0) is 6.61 Å². The molecule has 0 saturated carbocycles. The fourth-order valence-corrected chi connectivity index (χ4v) is 3.84. The van der Waals surface area contributed by atoms with Crippen LogP contribution >= 0.6 is 11.6 Å². The van der Waals surface area contributed by atoms with Gasteiger partial charge in [-0.15, -0.1) is 0 Å². The molecular weight excluding hydrogens is 484 g/mol. The van der Waals surface area contributed by atoms with Crippen molar-refractivity contribution in [3.05, 3.63) is 110 Å². The summed E-state index contributed by atoms with van der Waals surface area (Å²) in [6.07, 6.45) is 0. The highest BCUT2D eigenvalue weighted by Crippen LogP contribution is 2.32. The van der Waals surface area contributed by atoms with E-state index in [1.54, 1.807) is 31.2 Å². The molecule has 8 nitrogen and oxygen atoms in total. The monoisotopic (exact) mass is 506 g/mol. The van der Waals surface area contributed by atoms with E-state index in [4.69, 9.17) is 25.5 Å². The Morgan fingerprint density at radius 1 is 0.972 bits per heavy atom. The molecule has 3 aromatic carbocycles. The number of carbonyl (C=O) groups is 1. The van der Waals surface area contributed by atoms with Gasteiger partial charge in [-0.2, -0.15) is 0 Å². The van der Waals surface area contributed by atoms with Gasteiger partial charge < -0.3 is 19.2 Å². The molecule has 0 radical (unpaired) electrons. The van der Waals surface area contributed by atoms with Crippen molar-refractivity contribution in [2.24, 2.45) is 0 Å². The van der Waals surface area contributed by atoms with Crippen LogP contribution in [0.1, 0.15) is 33.0 Å². The number of hydrogen-bond donors (Lipinski definition) is 1. The third-order valence-electron chi connectivity index (χ3n) is 5.19. The fraction of sp³-hybridized carbons (Fsp3) is 0.148. The normalized spacial score (nSPS) is 10.7. The summed E-state index contributed by atoms with van der Waals surface area (Å²) in [6, 6.07) is 18.1. The molecule has 0 aliphatic heterocycles. The summed E-state index contributed by atoms with van der Waals surface area (Å²) in [7, 11) is 0. The highest BCUT2D eigenvalue weighted by atomic mass is 35.5. The lowest BCUT2D eigenvalue weighted by atomic mass is 10.1. The maximum atomic E-state index is 12.8. The Morgan fingerprint density at radius 3 is 2.42 bits per heavy atom. The highest BCUT2D eigenvalue weighted by molar-refractivity contribution is 6.30. The van der Waals surface area contributed by atoms with Gasteiger partial charge in [-0.3, -0.25) is 14.9 Å². The number of anilines is 1. The number of amides is 1. The molecule has 4 rings (SSSR count). The summed E-state index contributed by atoms with van der Waals surface area (Å²) in [5.41, 5.74) is 2.86. The molecule has 36 heavy (non-hydrogen) atoms. The Morgan fingerprint density at radius 2 is 1.72 bits per heavy atom. The first kappa shape index (κ1) is 24.8. The van der Waals surface area contributed by atoms with E-state index in [2.05, 4.69) is 5.32 Å². The van der Waals surface area contributed by atoms with Crippen molar-refractivity contribution in [3.63, 3.8) is 0 Å². The minimum Gasteiger partial charge on any atom is -0.486 e. The molecule has 4 aromatic rings. The van der Waals surface area contributed by atoms with Crippen LogP contribution in [0.4, 0.5) is 11.4 Å². The molecule has 0 aliphatic carbocycles. The standard InChI is InChI=1S/C27H23ClN2O6/c1-16-8-17(2)10-23(9-16)34-15-22-5-7-26(35-22)27(31)29-20-12-21(30(32)33)14-24(13-20)36-25-6-4-19(28)11-18(25)3/h4-14H,15H2,1-3H3,(H,29,31). The third kappa shape index (κ3) is 6.22.